The van der Waals surface area contributed by atoms with Crippen molar-refractivity contribution in [3.63, 3.8) is 0 Å². The maximum atomic E-state index is 13.0. The van der Waals surface area contributed by atoms with Gasteiger partial charge in [0.25, 0.3) is 11.8 Å². The van der Waals surface area contributed by atoms with E-state index in [4.69, 9.17) is 14.2 Å². The Labute approximate surface area is 183 Å². The zero-order valence-electron chi connectivity index (χ0n) is 18.5. The monoisotopic (exact) mass is 426 g/mol. The van der Waals surface area contributed by atoms with Gasteiger partial charge in [0.15, 0.2) is 18.1 Å². The fourth-order valence-corrected chi connectivity index (χ4v) is 3.70. The first kappa shape index (κ1) is 22.5. The predicted molar refractivity (Wildman–Crippen MR) is 118 cm³/mol. The number of nitrogens with one attached hydrogen (secondary N) is 1. The van der Waals surface area contributed by atoms with E-state index < -0.39 is 0 Å². The zero-order valence-corrected chi connectivity index (χ0v) is 18.5. The maximum Gasteiger partial charge on any atom is 0.258 e. The van der Waals surface area contributed by atoms with Crippen LogP contribution in [0.25, 0.3) is 0 Å². The van der Waals surface area contributed by atoms with E-state index in [1.54, 1.807) is 25.3 Å². The molecule has 1 saturated heterocycles. The summed E-state index contributed by atoms with van der Waals surface area (Å²) in [5.41, 5.74) is 1.74. The molecule has 166 valence electrons. The normalized spacial score (nSPS) is 15.6. The Bertz CT molecular complexity index is 911. The van der Waals surface area contributed by atoms with Crippen LogP contribution in [0.2, 0.25) is 0 Å². The largest absolute Gasteiger partial charge is 0.497 e. The third-order valence-electron chi connectivity index (χ3n) is 5.28. The average Bonchev–Trinajstić information content (AvgIpc) is 3.27. The minimum atomic E-state index is -0.209. The topological polar surface area (TPSA) is 77.1 Å². The van der Waals surface area contributed by atoms with E-state index in [2.05, 4.69) is 17.4 Å². The Hall–Kier alpha value is -3.22. The van der Waals surface area contributed by atoms with E-state index in [0.29, 0.717) is 36.1 Å². The van der Waals surface area contributed by atoms with E-state index in [0.717, 1.165) is 12.2 Å². The summed E-state index contributed by atoms with van der Waals surface area (Å²) in [7, 11) is 3.16. The van der Waals surface area contributed by atoms with Gasteiger partial charge in [0.1, 0.15) is 5.75 Å². The molecule has 0 saturated carbocycles. The quantitative estimate of drug-likeness (QED) is 0.701. The molecule has 2 aromatic rings. The minimum Gasteiger partial charge on any atom is -0.497 e. The molecule has 1 fully saturated rings. The molecule has 0 bridgehead atoms. The van der Waals surface area contributed by atoms with E-state index in [9.17, 15) is 9.59 Å². The number of carbonyl (C=O) groups is 2. The van der Waals surface area contributed by atoms with Gasteiger partial charge in [-0.25, -0.2) is 0 Å². The van der Waals surface area contributed by atoms with Crippen LogP contribution in [0, 0.1) is 0 Å². The first-order valence-electron chi connectivity index (χ1n) is 10.4. The molecule has 0 spiro atoms. The second-order valence-corrected chi connectivity index (χ2v) is 7.89. The van der Waals surface area contributed by atoms with E-state index in [-0.39, 0.29) is 24.5 Å². The number of ether oxygens (including phenoxy) is 3. The second kappa shape index (κ2) is 10.2. The summed E-state index contributed by atoms with van der Waals surface area (Å²) in [6.45, 7) is 5.02. The fourth-order valence-electron chi connectivity index (χ4n) is 3.70. The molecule has 7 heteroatoms. The van der Waals surface area contributed by atoms with Crippen LogP contribution >= 0.6 is 0 Å². The summed E-state index contributed by atoms with van der Waals surface area (Å²) >= 11 is 0. The van der Waals surface area contributed by atoms with Crippen molar-refractivity contribution in [3.05, 3.63) is 53.6 Å². The van der Waals surface area contributed by atoms with Crippen LogP contribution in [-0.2, 0) is 4.79 Å². The lowest BCUT2D eigenvalue weighted by atomic mass is 9.98. The molecule has 0 aliphatic carbocycles. The van der Waals surface area contributed by atoms with Crippen LogP contribution in [-0.4, -0.2) is 56.7 Å². The lowest BCUT2D eigenvalue weighted by molar-refractivity contribution is -0.123. The number of likely N-dealkylation sites (tertiary alicyclic amines) is 1. The second-order valence-electron chi connectivity index (χ2n) is 7.89. The molecule has 2 amide bonds. The van der Waals surface area contributed by atoms with E-state index in [1.165, 1.54) is 12.7 Å². The van der Waals surface area contributed by atoms with Gasteiger partial charge in [-0.2, -0.15) is 0 Å². The Morgan fingerprint density at radius 2 is 1.81 bits per heavy atom. The Balaban J connectivity index is 1.64. The number of amides is 2. The fraction of sp³-hybridized carbons (Fsp3) is 0.417. The molecule has 0 aromatic heterocycles. The van der Waals surface area contributed by atoms with Gasteiger partial charge in [-0.05, 0) is 56.2 Å². The summed E-state index contributed by atoms with van der Waals surface area (Å²) < 4.78 is 16.2. The number of methoxy groups -OCH3 is 2. The summed E-state index contributed by atoms with van der Waals surface area (Å²) in [6.07, 6.45) is 0.918. The summed E-state index contributed by atoms with van der Waals surface area (Å²) in [4.78, 5) is 26.7. The van der Waals surface area contributed by atoms with Crippen molar-refractivity contribution in [2.24, 2.45) is 0 Å². The lowest BCUT2D eigenvalue weighted by Gasteiger charge is -2.18. The number of carbonyl (C=O) groups excluding carboxylic acids is 2. The molecular weight excluding hydrogens is 396 g/mol. The molecule has 2 aromatic carbocycles. The average molecular weight is 427 g/mol. The Morgan fingerprint density at radius 3 is 2.45 bits per heavy atom. The smallest absolute Gasteiger partial charge is 0.258 e. The van der Waals surface area contributed by atoms with Crippen LogP contribution in [0.1, 0.15) is 42.1 Å². The molecule has 1 aliphatic rings. The van der Waals surface area contributed by atoms with Crippen LogP contribution < -0.4 is 19.5 Å². The Kier molecular flexibility index (Phi) is 7.39. The Morgan fingerprint density at radius 1 is 1.06 bits per heavy atom. The molecule has 31 heavy (non-hydrogen) atoms. The lowest BCUT2D eigenvalue weighted by Crippen LogP contribution is -2.34. The van der Waals surface area contributed by atoms with Gasteiger partial charge in [-0.15, -0.1) is 0 Å². The number of hydrogen-bond acceptors (Lipinski definition) is 5. The molecule has 1 N–H and O–H groups in total. The van der Waals surface area contributed by atoms with Crippen molar-refractivity contribution < 1.29 is 23.8 Å². The molecule has 1 unspecified atom stereocenters. The molecule has 7 nitrogen and oxygen atoms in total. The predicted octanol–water partition coefficient (Wildman–Crippen LogP) is 3.24. The van der Waals surface area contributed by atoms with Crippen LogP contribution in [0.3, 0.4) is 0 Å². The number of benzene rings is 2. The number of hydrogen-bond donors (Lipinski definition) is 1. The van der Waals surface area contributed by atoms with E-state index in [1.807, 2.05) is 30.9 Å². The van der Waals surface area contributed by atoms with Crippen LogP contribution in [0.4, 0.5) is 0 Å². The number of nitrogens with zero attached hydrogens (tertiary/aromatic N) is 1. The van der Waals surface area contributed by atoms with Gasteiger partial charge in [-0.3, -0.25) is 9.59 Å². The highest BCUT2D eigenvalue weighted by molar-refractivity contribution is 5.95. The van der Waals surface area contributed by atoms with Gasteiger partial charge in [-0.1, -0.05) is 12.1 Å². The first-order chi connectivity index (χ1) is 14.9. The van der Waals surface area contributed by atoms with Crippen molar-refractivity contribution in [1.82, 2.24) is 10.2 Å². The SMILES string of the molecule is COc1ccc(C2CCN(C(=O)c3ccc(OCC(=O)NC(C)C)c(OC)c3)C2)cc1. The highest BCUT2D eigenvalue weighted by Gasteiger charge is 2.28. The van der Waals surface area contributed by atoms with Gasteiger partial charge >= 0.3 is 0 Å². The molecule has 1 aliphatic heterocycles. The van der Waals surface area contributed by atoms with Crippen LogP contribution in [0.5, 0.6) is 17.2 Å². The third-order valence-corrected chi connectivity index (χ3v) is 5.28. The number of rotatable bonds is 8. The van der Waals surface area contributed by atoms with Gasteiger partial charge in [0.2, 0.25) is 0 Å². The molecule has 1 heterocycles. The molecule has 0 radical (unpaired) electrons. The summed E-state index contributed by atoms with van der Waals surface area (Å²) in [6, 6.07) is 13.1. The minimum absolute atomic E-state index is 0.0418. The third kappa shape index (κ3) is 5.69. The van der Waals surface area contributed by atoms with Crippen molar-refractivity contribution in [2.75, 3.05) is 33.9 Å². The van der Waals surface area contributed by atoms with Crippen LogP contribution in [0.15, 0.2) is 42.5 Å². The van der Waals surface area contributed by atoms with Gasteiger partial charge in [0.05, 0.1) is 14.2 Å². The highest BCUT2D eigenvalue weighted by atomic mass is 16.5. The van der Waals surface area contributed by atoms with Crippen molar-refractivity contribution in [2.45, 2.75) is 32.2 Å². The maximum absolute atomic E-state index is 13.0. The van der Waals surface area contributed by atoms with Gasteiger partial charge in [0, 0.05) is 30.6 Å². The zero-order chi connectivity index (χ0) is 22.4. The molecular formula is C24H30N2O5. The van der Waals surface area contributed by atoms with Gasteiger partial charge < -0.3 is 24.4 Å². The summed E-state index contributed by atoms with van der Waals surface area (Å²) in [5, 5.41) is 2.77. The summed E-state index contributed by atoms with van der Waals surface area (Å²) in [5.74, 6) is 1.73. The molecule has 1 atom stereocenters. The standard InChI is InChI=1S/C24H30N2O5/c1-16(2)25-23(27)15-31-21-10-7-18(13-22(21)30-4)24(28)26-12-11-19(14-26)17-5-8-20(29-3)9-6-17/h5-10,13,16,19H,11-12,14-15H2,1-4H3,(H,25,27). The van der Waals surface area contributed by atoms with E-state index >= 15 is 0 Å². The first-order valence-corrected chi connectivity index (χ1v) is 10.4. The van der Waals surface area contributed by atoms with Crippen molar-refractivity contribution in [1.29, 1.82) is 0 Å². The molecule has 3 rings (SSSR count). The van der Waals surface area contributed by atoms with Crippen molar-refractivity contribution >= 4 is 11.8 Å². The van der Waals surface area contributed by atoms with Crippen molar-refractivity contribution in [3.8, 4) is 17.2 Å². The highest BCUT2D eigenvalue weighted by Crippen LogP contribution is 2.32.